The number of methoxy groups -OCH3 is 1. The summed E-state index contributed by atoms with van der Waals surface area (Å²) in [7, 11) is 1.64. The number of rotatable bonds is 5. The predicted octanol–water partition coefficient (Wildman–Crippen LogP) is 6.18. The minimum Gasteiger partial charge on any atom is -0.507 e. The highest BCUT2D eigenvalue weighted by Gasteiger charge is 2.26. The Morgan fingerprint density at radius 3 is 1.94 bits per heavy atom. The number of hydrogen-bond acceptors (Lipinski definition) is 5. The number of likely N-dealkylation sites (tertiary alicyclic amines) is 1. The maximum Gasteiger partial charge on any atom is 0.187 e. The van der Waals surface area contributed by atoms with Crippen molar-refractivity contribution >= 4 is 49.8 Å². The van der Waals surface area contributed by atoms with Crippen LogP contribution in [0.4, 0.5) is 0 Å². The van der Waals surface area contributed by atoms with Crippen LogP contribution in [0.3, 0.4) is 0 Å². The molecule has 3 aromatic carbocycles. The molecule has 0 saturated carbocycles. The van der Waals surface area contributed by atoms with Crippen LogP contribution in [0.5, 0.6) is 17.2 Å². The lowest BCUT2D eigenvalue weighted by atomic mass is 9.94. The van der Waals surface area contributed by atoms with Gasteiger partial charge < -0.3 is 14.9 Å². The van der Waals surface area contributed by atoms with Gasteiger partial charge in [-0.25, -0.2) is 0 Å². The first kappa shape index (κ1) is 24.3. The van der Waals surface area contributed by atoms with Crippen LogP contribution in [0.25, 0.3) is 12.2 Å². The topological polar surface area (TPSA) is 70.0 Å². The molecule has 3 aromatic rings. The van der Waals surface area contributed by atoms with Crippen molar-refractivity contribution in [3.63, 3.8) is 0 Å². The van der Waals surface area contributed by atoms with Crippen molar-refractivity contribution in [1.82, 2.24) is 4.90 Å². The number of piperidine rings is 1. The molecular weight excluding hydrogens is 562 g/mol. The lowest BCUT2D eigenvalue weighted by Crippen LogP contribution is -2.37. The number of Topliss-reactive ketones (excluding diaryl/α,β-unsaturated/α-hetero) is 1. The molecule has 1 fully saturated rings. The zero-order chi connectivity index (χ0) is 24.2. The highest BCUT2D eigenvalue weighted by atomic mass is 79.9. The molecule has 0 amide bonds. The Morgan fingerprint density at radius 2 is 1.44 bits per heavy atom. The first-order valence-electron chi connectivity index (χ1n) is 10.6. The van der Waals surface area contributed by atoms with Gasteiger partial charge in [0.2, 0.25) is 0 Å². The maximum atomic E-state index is 13.4. The number of halogens is 2. The van der Waals surface area contributed by atoms with Crippen molar-refractivity contribution in [2.75, 3.05) is 20.2 Å². The number of carbonyl (C=O) groups is 1. The number of ether oxygens (including phenoxy) is 1. The van der Waals surface area contributed by atoms with E-state index in [0.29, 0.717) is 39.7 Å². The summed E-state index contributed by atoms with van der Waals surface area (Å²) < 4.78 is 6.50. The van der Waals surface area contributed by atoms with Crippen molar-refractivity contribution in [2.24, 2.45) is 0 Å². The molecule has 174 valence electrons. The highest BCUT2D eigenvalue weighted by molar-refractivity contribution is 9.10. The number of ketones is 1. The fraction of sp³-hybridized carbons (Fsp3) is 0.148. The highest BCUT2D eigenvalue weighted by Crippen LogP contribution is 2.29. The van der Waals surface area contributed by atoms with Crippen molar-refractivity contribution < 1.29 is 19.7 Å². The Hall–Kier alpha value is -2.87. The molecule has 1 heterocycles. The molecule has 34 heavy (non-hydrogen) atoms. The molecule has 0 aliphatic carbocycles. The summed E-state index contributed by atoms with van der Waals surface area (Å²) in [6.45, 7) is 1.63. The summed E-state index contributed by atoms with van der Waals surface area (Å²) in [4.78, 5) is 15.6. The molecule has 5 nitrogen and oxygen atoms in total. The quantitative estimate of drug-likeness (QED) is 0.350. The van der Waals surface area contributed by atoms with E-state index >= 15 is 0 Å². The van der Waals surface area contributed by atoms with E-state index < -0.39 is 0 Å². The molecule has 0 aromatic heterocycles. The third kappa shape index (κ3) is 5.78. The third-order valence-corrected chi connectivity index (χ3v) is 6.81. The molecule has 4 rings (SSSR count). The van der Waals surface area contributed by atoms with Gasteiger partial charge in [0.25, 0.3) is 0 Å². The monoisotopic (exact) mass is 583 g/mol. The largest absolute Gasteiger partial charge is 0.507 e. The van der Waals surface area contributed by atoms with Crippen molar-refractivity contribution in [1.29, 1.82) is 0 Å². The van der Waals surface area contributed by atoms with Gasteiger partial charge >= 0.3 is 0 Å². The lowest BCUT2D eigenvalue weighted by molar-refractivity contribution is -0.113. The smallest absolute Gasteiger partial charge is 0.187 e. The Labute approximate surface area is 215 Å². The van der Waals surface area contributed by atoms with Gasteiger partial charge in [-0.3, -0.25) is 9.69 Å². The first-order chi connectivity index (χ1) is 16.3. The molecule has 1 saturated heterocycles. The minimum absolute atomic E-state index is 0.0183. The van der Waals surface area contributed by atoms with Gasteiger partial charge in [0.1, 0.15) is 17.2 Å². The van der Waals surface area contributed by atoms with Crippen LogP contribution in [0.1, 0.15) is 16.7 Å². The predicted molar refractivity (Wildman–Crippen MR) is 141 cm³/mol. The van der Waals surface area contributed by atoms with E-state index in [-0.39, 0.29) is 17.3 Å². The summed E-state index contributed by atoms with van der Waals surface area (Å²) in [6.07, 6.45) is 3.73. The SMILES string of the molecule is COc1cccc(CN2C/C(=C\c3ccc(O)c(Br)c3)C(=O)/C(=C/c3ccc(O)c(Br)c3)C2)c1. The molecular formula is C27H23Br2NO4. The van der Waals surface area contributed by atoms with E-state index in [1.165, 1.54) is 0 Å². The molecule has 0 atom stereocenters. The van der Waals surface area contributed by atoms with Crippen LogP contribution < -0.4 is 4.74 Å². The third-order valence-electron chi connectivity index (χ3n) is 5.54. The molecule has 0 spiro atoms. The van der Waals surface area contributed by atoms with Gasteiger partial charge in [0.05, 0.1) is 16.1 Å². The van der Waals surface area contributed by atoms with Gasteiger partial charge in [-0.05, 0) is 97.1 Å². The Kier molecular flexibility index (Phi) is 7.56. The summed E-state index contributed by atoms with van der Waals surface area (Å²) in [5, 5.41) is 19.6. The number of hydrogen-bond donors (Lipinski definition) is 2. The van der Waals surface area contributed by atoms with Crippen molar-refractivity contribution in [2.45, 2.75) is 6.54 Å². The number of carbonyl (C=O) groups excluding carboxylic acids is 1. The van der Waals surface area contributed by atoms with Gasteiger partial charge in [0, 0.05) is 30.8 Å². The van der Waals surface area contributed by atoms with Crippen LogP contribution in [-0.4, -0.2) is 41.1 Å². The van der Waals surface area contributed by atoms with Crippen LogP contribution in [0.2, 0.25) is 0 Å². The average Bonchev–Trinajstić information content (AvgIpc) is 2.82. The summed E-state index contributed by atoms with van der Waals surface area (Å²) in [6, 6.07) is 18.2. The maximum absolute atomic E-state index is 13.4. The second kappa shape index (κ2) is 10.6. The Bertz CT molecular complexity index is 1230. The number of phenolic OH excluding ortho intramolecular Hbond substituents is 2. The summed E-state index contributed by atoms with van der Waals surface area (Å²) in [5.41, 5.74) is 4.06. The lowest BCUT2D eigenvalue weighted by Gasteiger charge is -2.30. The van der Waals surface area contributed by atoms with E-state index in [2.05, 4.69) is 36.8 Å². The summed E-state index contributed by atoms with van der Waals surface area (Å²) >= 11 is 6.68. The molecule has 2 N–H and O–H groups in total. The van der Waals surface area contributed by atoms with Gasteiger partial charge in [-0.1, -0.05) is 24.3 Å². The number of phenols is 2. The van der Waals surface area contributed by atoms with Gasteiger partial charge in [-0.15, -0.1) is 0 Å². The number of benzene rings is 3. The Balaban J connectivity index is 1.70. The van der Waals surface area contributed by atoms with E-state index in [9.17, 15) is 15.0 Å². The van der Waals surface area contributed by atoms with Gasteiger partial charge in [0.15, 0.2) is 5.78 Å². The zero-order valence-corrected chi connectivity index (χ0v) is 21.6. The van der Waals surface area contributed by atoms with Gasteiger partial charge in [-0.2, -0.15) is 0 Å². The second-order valence-electron chi connectivity index (χ2n) is 8.09. The fourth-order valence-electron chi connectivity index (χ4n) is 3.88. The van der Waals surface area contributed by atoms with E-state index in [4.69, 9.17) is 4.74 Å². The van der Waals surface area contributed by atoms with E-state index in [1.807, 2.05) is 36.4 Å². The van der Waals surface area contributed by atoms with E-state index in [1.54, 1.807) is 43.5 Å². The standard InChI is InChI=1S/C27H23Br2NO4/c1-34-22-4-2-3-19(11-22)14-30-15-20(9-17-5-7-25(31)23(28)12-17)27(33)21(16-30)10-18-6-8-26(32)24(29)13-18/h2-13,31-32H,14-16H2,1H3/b20-9+,21-10+. The van der Waals surface area contributed by atoms with Crippen LogP contribution in [-0.2, 0) is 11.3 Å². The van der Waals surface area contributed by atoms with Crippen molar-refractivity contribution in [3.8, 4) is 17.2 Å². The number of nitrogens with zero attached hydrogens (tertiary/aromatic N) is 1. The van der Waals surface area contributed by atoms with Crippen LogP contribution in [0, 0.1) is 0 Å². The Morgan fingerprint density at radius 1 is 0.882 bits per heavy atom. The fourth-order valence-corrected chi connectivity index (χ4v) is 4.67. The zero-order valence-electron chi connectivity index (χ0n) is 18.5. The molecule has 7 heteroatoms. The molecule has 1 aliphatic rings. The molecule has 0 bridgehead atoms. The van der Waals surface area contributed by atoms with Crippen LogP contribution in [0.15, 0.2) is 80.8 Å². The summed E-state index contributed by atoms with van der Waals surface area (Å²) in [5.74, 6) is 1.07. The van der Waals surface area contributed by atoms with Crippen LogP contribution >= 0.6 is 31.9 Å². The van der Waals surface area contributed by atoms with E-state index in [0.717, 1.165) is 22.4 Å². The minimum atomic E-state index is -0.0183. The molecule has 0 unspecified atom stereocenters. The van der Waals surface area contributed by atoms with Crippen molar-refractivity contribution in [3.05, 3.63) is 97.4 Å². The number of aromatic hydroxyl groups is 2. The second-order valence-corrected chi connectivity index (χ2v) is 9.80. The first-order valence-corrected chi connectivity index (χ1v) is 12.2. The molecule has 0 radical (unpaired) electrons. The molecule has 1 aliphatic heterocycles. The normalized spacial score (nSPS) is 16.9. The average molecular weight is 585 g/mol.